The van der Waals surface area contributed by atoms with Crippen molar-refractivity contribution < 1.29 is 4.79 Å². The summed E-state index contributed by atoms with van der Waals surface area (Å²) in [4.78, 5) is 17.2. The Morgan fingerprint density at radius 2 is 1.87 bits per heavy atom. The zero-order valence-corrected chi connectivity index (χ0v) is 18.7. The summed E-state index contributed by atoms with van der Waals surface area (Å²) in [6, 6.07) is 21.4. The molecule has 1 saturated heterocycles. The van der Waals surface area contributed by atoms with Gasteiger partial charge < -0.3 is 4.90 Å². The molecule has 0 aliphatic carbocycles. The Morgan fingerprint density at radius 1 is 1.13 bits per heavy atom. The van der Waals surface area contributed by atoms with Crippen LogP contribution in [-0.4, -0.2) is 45.5 Å². The molecular weight excluding hydrogens is 384 g/mol. The molecule has 162 valence electrons. The van der Waals surface area contributed by atoms with Gasteiger partial charge in [-0.25, -0.2) is 0 Å². The predicted octanol–water partition coefficient (Wildman–Crippen LogP) is 4.96. The predicted molar refractivity (Wildman–Crippen MR) is 124 cm³/mol. The van der Waals surface area contributed by atoms with Gasteiger partial charge in [-0.3, -0.25) is 14.8 Å². The van der Waals surface area contributed by atoms with Crippen molar-refractivity contribution >= 4 is 5.91 Å². The summed E-state index contributed by atoms with van der Waals surface area (Å²) >= 11 is 0. The highest BCUT2D eigenvalue weighted by molar-refractivity contribution is 5.76. The molecule has 2 unspecified atom stereocenters. The van der Waals surface area contributed by atoms with E-state index in [9.17, 15) is 4.79 Å². The second-order valence-corrected chi connectivity index (χ2v) is 8.70. The van der Waals surface area contributed by atoms with Gasteiger partial charge in [-0.2, -0.15) is 5.10 Å². The summed E-state index contributed by atoms with van der Waals surface area (Å²) in [6.07, 6.45) is 2.48. The van der Waals surface area contributed by atoms with Crippen LogP contribution in [0.4, 0.5) is 0 Å². The maximum Gasteiger partial charge on any atom is 0.222 e. The zero-order valence-electron chi connectivity index (χ0n) is 18.7. The Labute approximate surface area is 185 Å². The first-order valence-electron chi connectivity index (χ1n) is 11.2. The maximum atomic E-state index is 12.7. The third kappa shape index (κ3) is 5.05. The Kier molecular flexibility index (Phi) is 6.52. The van der Waals surface area contributed by atoms with E-state index in [1.165, 1.54) is 11.1 Å². The smallest absolute Gasteiger partial charge is 0.222 e. The van der Waals surface area contributed by atoms with Crippen molar-refractivity contribution in [3.8, 4) is 11.3 Å². The fourth-order valence-corrected chi connectivity index (χ4v) is 4.35. The highest BCUT2D eigenvalue weighted by Crippen LogP contribution is 2.28. The standard InChI is InChI=1S/C26H32N4O/c1-19-9-11-21(12-10-19)18-30-16-15-23(13-14-26(30)31)29(3)20(2)24-17-25(28-27-24)22-7-5-4-6-8-22/h4-12,17,20,23H,13-16,18H2,1-3H3,(H,27,28). The lowest BCUT2D eigenvalue weighted by Crippen LogP contribution is -2.35. The number of nitrogens with one attached hydrogen (secondary N) is 1. The largest absolute Gasteiger partial charge is 0.338 e. The first-order chi connectivity index (χ1) is 15.0. The van der Waals surface area contributed by atoms with Crippen LogP contribution in [0.3, 0.4) is 0 Å². The van der Waals surface area contributed by atoms with Gasteiger partial charge in [0.05, 0.1) is 11.4 Å². The highest BCUT2D eigenvalue weighted by atomic mass is 16.2. The number of nitrogens with zero attached hydrogens (tertiary/aromatic N) is 3. The second kappa shape index (κ2) is 9.48. The van der Waals surface area contributed by atoms with Gasteiger partial charge in [-0.05, 0) is 45.4 Å². The van der Waals surface area contributed by atoms with E-state index in [-0.39, 0.29) is 11.9 Å². The van der Waals surface area contributed by atoms with Crippen molar-refractivity contribution in [3.63, 3.8) is 0 Å². The number of likely N-dealkylation sites (tertiary alicyclic amines) is 1. The molecule has 1 aliphatic rings. The van der Waals surface area contributed by atoms with Crippen molar-refractivity contribution in [3.05, 3.63) is 77.5 Å². The highest BCUT2D eigenvalue weighted by Gasteiger charge is 2.28. The van der Waals surface area contributed by atoms with Gasteiger partial charge in [-0.15, -0.1) is 0 Å². The van der Waals surface area contributed by atoms with Crippen LogP contribution in [-0.2, 0) is 11.3 Å². The third-order valence-electron chi connectivity index (χ3n) is 6.57. The van der Waals surface area contributed by atoms with Gasteiger partial charge in [0.2, 0.25) is 5.91 Å². The van der Waals surface area contributed by atoms with Gasteiger partial charge >= 0.3 is 0 Å². The minimum absolute atomic E-state index is 0.203. The molecule has 0 bridgehead atoms. The number of carbonyl (C=O) groups is 1. The number of rotatable bonds is 6. The molecule has 2 aromatic carbocycles. The first kappa shape index (κ1) is 21.3. The number of aryl methyl sites for hydroxylation is 1. The van der Waals surface area contributed by atoms with Gasteiger partial charge in [0.1, 0.15) is 0 Å². The summed E-state index contributed by atoms with van der Waals surface area (Å²) in [7, 11) is 2.17. The molecule has 0 spiro atoms. The normalized spacial score (nSPS) is 18.3. The van der Waals surface area contributed by atoms with Gasteiger partial charge in [0.25, 0.3) is 0 Å². The van der Waals surface area contributed by atoms with E-state index in [1.807, 2.05) is 23.1 Å². The van der Waals surface area contributed by atoms with Crippen LogP contribution in [0.1, 0.15) is 49.0 Å². The molecule has 1 fully saturated rings. The number of H-pyrrole nitrogens is 1. The molecule has 2 atom stereocenters. The minimum Gasteiger partial charge on any atom is -0.338 e. The minimum atomic E-state index is 0.203. The number of hydrogen-bond donors (Lipinski definition) is 1. The number of benzene rings is 2. The van der Waals surface area contributed by atoms with Crippen molar-refractivity contribution in [2.24, 2.45) is 0 Å². The quantitative estimate of drug-likeness (QED) is 0.618. The van der Waals surface area contributed by atoms with Crippen LogP contribution in [0.5, 0.6) is 0 Å². The molecule has 0 radical (unpaired) electrons. The molecule has 1 aliphatic heterocycles. The monoisotopic (exact) mass is 416 g/mol. The van der Waals surface area contributed by atoms with E-state index in [0.717, 1.165) is 36.3 Å². The van der Waals surface area contributed by atoms with Gasteiger partial charge in [-0.1, -0.05) is 60.2 Å². The Balaban J connectivity index is 1.39. The number of hydrogen-bond acceptors (Lipinski definition) is 3. The van der Waals surface area contributed by atoms with Crippen molar-refractivity contribution in [2.45, 2.75) is 51.7 Å². The number of aromatic amines is 1. The molecule has 1 aromatic heterocycles. The van der Waals surface area contributed by atoms with Crippen LogP contribution < -0.4 is 0 Å². The summed E-state index contributed by atoms with van der Waals surface area (Å²) < 4.78 is 0. The third-order valence-corrected chi connectivity index (χ3v) is 6.57. The molecule has 31 heavy (non-hydrogen) atoms. The number of amides is 1. The summed E-state index contributed by atoms with van der Waals surface area (Å²) in [6.45, 7) is 5.79. The van der Waals surface area contributed by atoms with Gasteiger partial charge in [0.15, 0.2) is 0 Å². The lowest BCUT2D eigenvalue weighted by Gasteiger charge is -2.32. The molecule has 0 saturated carbocycles. The SMILES string of the molecule is Cc1ccc(CN2CCC(N(C)C(C)c3cc(-c4ccccc4)n[nH]3)CCC2=O)cc1. The summed E-state index contributed by atoms with van der Waals surface area (Å²) in [5.74, 6) is 0.261. The topological polar surface area (TPSA) is 52.2 Å². The second-order valence-electron chi connectivity index (χ2n) is 8.70. The average molecular weight is 417 g/mol. The molecule has 3 aromatic rings. The molecule has 2 heterocycles. The average Bonchev–Trinajstić information content (AvgIpc) is 3.22. The van der Waals surface area contributed by atoms with Crippen LogP contribution in [0.15, 0.2) is 60.7 Å². The number of carbonyl (C=O) groups excluding carboxylic acids is 1. The molecule has 5 heteroatoms. The van der Waals surface area contributed by atoms with Crippen LogP contribution in [0, 0.1) is 6.92 Å². The lowest BCUT2D eigenvalue weighted by atomic mass is 10.0. The van der Waals surface area contributed by atoms with Crippen LogP contribution >= 0.6 is 0 Å². The molecule has 1 N–H and O–H groups in total. The molecule has 1 amide bonds. The van der Waals surface area contributed by atoms with E-state index < -0.39 is 0 Å². The fourth-order valence-electron chi connectivity index (χ4n) is 4.35. The van der Waals surface area contributed by atoms with E-state index >= 15 is 0 Å². The fraction of sp³-hybridized carbons (Fsp3) is 0.385. The van der Waals surface area contributed by atoms with Crippen molar-refractivity contribution in [2.75, 3.05) is 13.6 Å². The van der Waals surface area contributed by atoms with E-state index in [4.69, 9.17) is 0 Å². The van der Waals surface area contributed by atoms with E-state index in [2.05, 4.69) is 78.5 Å². The summed E-state index contributed by atoms with van der Waals surface area (Å²) in [5.41, 5.74) is 5.64. The first-order valence-corrected chi connectivity index (χ1v) is 11.2. The Hall–Kier alpha value is -2.92. The van der Waals surface area contributed by atoms with Crippen molar-refractivity contribution in [1.29, 1.82) is 0 Å². The van der Waals surface area contributed by atoms with Gasteiger partial charge in [0, 0.05) is 37.2 Å². The molecule has 4 rings (SSSR count). The van der Waals surface area contributed by atoms with Crippen LogP contribution in [0.25, 0.3) is 11.3 Å². The maximum absolute atomic E-state index is 12.7. The Bertz CT molecular complexity index is 996. The van der Waals surface area contributed by atoms with Crippen LogP contribution in [0.2, 0.25) is 0 Å². The molecule has 5 nitrogen and oxygen atoms in total. The van der Waals surface area contributed by atoms with E-state index in [0.29, 0.717) is 19.0 Å². The molecular formula is C26H32N4O. The number of aromatic nitrogens is 2. The zero-order chi connectivity index (χ0) is 21.8. The summed E-state index contributed by atoms with van der Waals surface area (Å²) in [5, 5.41) is 7.74. The van der Waals surface area contributed by atoms with E-state index in [1.54, 1.807) is 0 Å². The lowest BCUT2D eigenvalue weighted by molar-refractivity contribution is -0.131. The van der Waals surface area contributed by atoms with Crippen molar-refractivity contribution in [1.82, 2.24) is 20.0 Å². The Morgan fingerprint density at radius 3 is 2.61 bits per heavy atom.